The Morgan fingerprint density at radius 3 is 2.36 bits per heavy atom. The third-order valence-corrected chi connectivity index (χ3v) is 4.10. The average molecular weight is 426 g/mol. The molecule has 0 bridgehead atoms. The molecule has 1 aromatic carbocycles. The van der Waals surface area contributed by atoms with Crippen LogP contribution in [0.1, 0.15) is 30.0 Å². The molecular formula is C16H14Br2N2O2. The van der Waals surface area contributed by atoms with Gasteiger partial charge in [0, 0.05) is 8.95 Å². The maximum atomic E-state index is 11.7. The van der Waals surface area contributed by atoms with Crippen molar-refractivity contribution in [2.75, 3.05) is 6.61 Å². The summed E-state index contributed by atoms with van der Waals surface area (Å²) in [5.74, 6) is -0.431. The van der Waals surface area contributed by atoms with Gasteiger partial charge in [-0.05, 0) is 70.0 Å². The molecule has 114 valence electrons. The van der Waals surface area contributed by atoms with Gasteiger partial charge in [-0.1, -0.05) is 12.1 Å². The number of benzene rings is 1. The Hall–Kier alpha value is -1.53. The number of carbonyl (C=O) groups excluding carboxylic acids is 1. The zero-order valence-electron chi connectivity index (χ0n) is 12.1. The smallest absolute Gasteiger partial charge is 0.356 e. The monoisotopic (exact) mass is 424 g/mol. The van der Waals surface area contributed by atoms with Crippen LogP contribution in [-0.4, -0.2) is 23.3 Å². The number of carbonyl (C=O) groups is 1. The first-order valence-electron chi connectivity index (χ1n) is 6.66. The van der Waals surface area contributed by atoms with E-state index in [9.17, 15) is 4.79 Å². The van der Waals surface area contributed by atoms with Gasteiger partial charge in [0.05, 0.1) is 23.7 Å². The van der Waals surface area contributed by atoms with Gasteiger partial charge in [0.2, 0.25) is 0 Å². The Kier molecular flexibility index (Phi) is 5.85. The minimum atomic E-state index is -0.431. The normalized spacial score (nSPS) is 11.4. The number of rotatable bonds is 4. The first-order chi connectivity index (χ1) is 10.5. The zero-order chi connectivity index (χ0) is 16.1. The largest absolute Gasteiger partial charge is 0.461 e. The van der Waals surface area contributed by atoms with E-state index in [1.807, 2.05) is 31.2 Å². The molecule has 0 saturated carbocycles. The summed E-state index contributed by atoms with van der Waals surface area (Å²) in [5, 5.41) is 0. The molecule has 0 fully saturated rings. The summed E-state index contributed by atoms with van der Waals surface area (Å²) in [6.45, 7) is 3.93. The van der Waals surface area contributed by atoms with Crippen molar-refractivity contribution < 1.29 is 9.53 Å². The van der Waals surface area contributed by atoms with Gasteiger partial charge in [-0.15, -0.1) is 0 Å². The molecule has 22 heavy (non-hydrogen) atoms. The van der Waals surface area contributed by atoms with E-state index in [4.69, 9.17) is 4.74 Å². The second kappa shape index (κ2) is 7.65. The van der Waals surface area contributed by atoms with Gasteiger partial charge in [0.1, 0.15) is 5.69 Å². The molecule has 2 aromatic rings. The molecule has 0 aliphatic rings. The van der Waals surface area contributed by atoms with Crippen LogP contribution in [0.25, 0.3) is 0 Å². The van der Waals surface area contributed by atoms with Crippen molar-refractivity contribution in [1.29, 1.82) is 0 Å². The lowest BCUT2D eigenvalue weighted by atomic mass is 10.2. The number of ether oxygens (including phenoxy) is 1. The van der Waals surface area contributed by atoms with Crippen LogP contribution in [0.3, 0.4) is 0 Å². The molecular weight excluding hydrogens is 412 g/mol. The Labute approximate surface area is 145 Å². The van der Waals surface area contributed by atoms with Gasteiger partial charge in [0.25, 0.3) is 0 Å². The van der Waals surface area contributed by atoms with Crippen LogP contribution in [0.5, 0.6) is 0 Å². The summed E-state index contributed by atoms with van der Waals surface area (Å²) in [7, 11) is 0. The lowest BCUT2D eigenvalue weighted by molar-refractivity contribution is 0.0519. The lowest BCUT2D eigenvalue weighted by Crippen LogP contribution is -2.09. The summed E-state index contributed by atoms with van der Waals surface area (Å²) >= 11 is 6.95. The summed E-state index contributed by atoms with van der Waals surface area (Å²) in [6, 6.07) is 11.0. The molecule has 0 N–H and O–H groups in total. The Morgan fingerprint density at radius 2 is 1.73 bits per heavy atom. The lowest BCUT2D eigenvalue weighted by Gasteiger charge is -2.06. The molecule has 0 aliphatic heterocycles. The molecule has 0 atom stereocenters. The van der Waals surface area contributed by atoms with Crippen molar-refractivity contribution in [3.63, 3.8) is 0 Å². The molecule has 1 heterocycles. The van der Waals surface area contributed by atoms with Crippen LogP contribution >= 0.6 is 31.9 Å². The van der Waals surface area contributed by atoms with Crippen molar-refractivity contribution >= 4 is 49.2 Å². The highest BCUT2D eigenvalue weighted by molar-refractivity contribution is 9.11. The summed E-state index contributed by atoms with van der Waals surface area (Å²) < 4.78 is 6.72. The van der Waals surface area contributed by atoms with Crippen LogP contribution < -0.4 is 0 Å². The maximum Gasteiger partial charge on any atom is 0.356 e. The highest BCUT2D eigenvalue weighted by Gasteiger charge is 2.11. The topological polar surface area (TPSA) is 51.5 Å². The van der Waals surface area contributed by atoms with Gasteiger partial charge < -0.3 is 4.74 Å². The number of pyridine rings is 1. The number of hydrogen-bond acceptors (Lipinski definition) is 4. The molecule has 0 unspecified atom stereocenters. The number of para-hydroxylation sites is 1. The number of halogens is 2. The van der Waals surface area contributed by atoms with Crippen molar-refractivity contribution in [1.82, 2.24) is 4.98 Å². The predicted molar refractivity (Wildman–Crippen MR) is 93.9 cm³/mol. The molecule has 4 nitrogen and oxygen atoms in total. The fourth-order valence-electron chi connectivity index (χ4n) is 1.78. The molecule has 0 spiro atoms. The van der Waals surface area contributed by atoms with E-state index in [-0.39, 0.29) is 5.69 Å². The number of aromatic nitrogens is 1. The van der Waals surface area contributed by atoms with E-state index >= 15 is 0 Å². The van der Waals surface area contributed by atoms with Crippen LogP contribution in [0, 0.1) is 0 Å². The maximum absolute atomic E-state index is 11.7. The van der Waals surface area contributed by atoms with Gasteiger partial charge in [-0.3, -0.25) is 0 Å². The average Bonchev–Trinajstić information content (AvgIpc) is 2.51. The van der Waals surface area contributed by atoms with E-state index in [1.165, 1.54) is 0 Å². The van der Waals surface area contributed by atoms with E-state index in [2.05, 4.69) is 41.8 Å². The van der Waals surface area contributed by atoms with Crippen molar-refractivity contribution in [3.8, 4) is 0 Å². The van der Waals surface area contributed by atoms with Gasteiger partial charge >= 0.3 is 5.97 Å². The van der Waals surface area contributed by atoms with Gasteiger partial charge in [-0.2, -0.15) is 0 Å². The minimum absolute atomic E-state index is 0.278. The van der Waals surface area contributed by atoms with Gasteiger partial charge in [-0.25, -0.2) is 14.8 Å². The highest BCUT2D eigenvalue weighted by atomic mass is 79.9. The van der Waals surface area contributed by atoms with Crippen LogP contribution in [0.15, 0.2) is 50.3 Å². The second-order valence-corrected chi connectivity index (χ2v) is 6.10. The van der Waals surface area contributed by atoms with Crippen molar-refractivity contribution in [2.24, 2.45) is 4.99 Å². The molecule has 0 amide bonds. The Bertz CT molecular complexity index is 710. The Balaban J connectivity index is 2.37. The summed E-state index contributed by atoms with van der Waals surface area (Å²) in [4.78, 5) is 20.6. The summed E-state index contributed by atoms with van der Waals surface area (Å²) in [5.41, 5.74) is 2.40. The third kappa shape index (κ3) is 4.01. The predicted octanol–water partition coefficient (Wildman–Crippen LogP) is 4.92. The highest BCUT2D eigenvalue weighted by Crippen LogP contribution is 2.33. The number of hydrogen-bond donors (Lipinski definition) is 0. The van der Waals surface area contributed by atoms with E-state index < -0.39 is 5.97 Å². The number of nitrogens with zero attached hydrogens (tertiary/aromatic N) is 2. The molecule has 0 saturated heterocycles. The van der Waals surface area contributed by atoms with Crippen molar-refractivity contribution in [3.05, 3.63) is 56.7 Å². The molecule has 2 rings (SSSR count). The first kappa shape index (κ1) is 16.8. The van der Waals surface area contributed by atoms with E-state index in [0.717, 1.165) is 14.6 Å². The van der Waals surface area contributed by atoms with E-state index in [0.29, 0.717) is 18.0 Å². The SMILES string of the molecule is CCOC(=O)c1cccc(C(C)=Nc2c(Br)cccc2Br)n1. The fourth-order valence-corrected chi connectivity index (χ4v) is 2.95. The quantitative estimate of drug-likeness (QED) is 0.515. The minimum Gasteiger partial charge on any atom is -0.461 e. The molecule has 0 aliphatic carbocycles. The Morgan fingerprint density at radius 1 is 1.14 bits per heavy atom. The fraction of sp³-hybridized carbons (Fsp3) is 0.188. The van der Waals surface area contributed by atoms with Crippen LogP contribution in [0.2, 0.25) is 0 Å². The van der Waals surface area contributed by atoms with Crippen LogP contribution in [-0.2, 0) is 4.74 Å². The van der Waals surface area contributed by atoms with Gasteiger partial charge in [0.15, 0.2) is 0 Å². The molecule has 1 aromatic heterocycles. The second-order valence-electron chi connectivity index (χ2n) is 4.40. The van der Waals surface area contributed by atoms with Crippen LogP contribution in [0.4, 0.5) is 5.69 Å². The first-order valence-corrected chi connectivity index (χ1v) is 8.25. The third-order valence-electron chi connectivity index (χ3n) is 2.82. The number of aliphatic imine (C=N–C) groups is 1. The number of esters is 1. The summed E-state index contributed by atoms with van der Waals surface area (Å²) in [6.07, 6.45) is 0. The van der Waals surface area contributed by atoms with E-state index in [1.54, 1.807) is 19.1 Å². The zero-order valence-corrected chi connectivity index (χ0v) is 15.3. The standard InChI is InChI=1S/C16H14Br2N2O2/c1-3-22-16(21)14-9-5-8-13(20-14)10(2)19-15-11(17)6-4-7-12(15)18/h4-9H,3H2,1-2H3. The molecule has 6 heteroatoms. The molecule has 0 radical (unpaired) electrons. The van der Waals surface area contributed by atoms with Crippen molar-refractivity contribution in [2.45, 2.75) is 13.8 Å².